The number of allylic oxidation sites excluding steroid dienone is 1. The van der Waals surface area contributed by atoms with Crippen LogP contribution in [0.2, 0.25) is 0 Å². The molecule has 5 atom stereocenters. The molecule has 2 nitrogen and oxygen atoms in total. The second-order valence-corrected chi connectivity index (χ2v) is 7.12. The van der Waals surface area contributed by atoms with Crippen LogP contribution in [0.5, 0.6) is 0 Å². The fourth-order valence-electron chi connectivity index (χ4n) is 5.37. The lowest BCUT2D eigenvalue weighted by Gasteiger charge is -2.50. The summed E-state index contributed by atoms with van der Waals surface area (Å²) in [5.74, 6) is 2.74. The molecule has 3 rings (SSSR count). The highest BCUT2D eigenvalue weighted by Gasteiger charge is 2.54. The van der Waals surface area contributed by atoms with Gasteiger partial charge >= 0.3 is 0 Å². The molecule has 3 fully saturated rings. The lowest BCUT2D eigenvalue weighted by atomic mass is 9.55. The van der Waals surface area contributed by atoms with Gasteiger partial charge in [-0.2, -0.15) is 5.26 Å². The van der Waals surface area contributed by atoms with Gasteiger partial charge in [0, 0.05) is 0 Å². The minimum Gasteiger partial charge on any atom is -0.392 e. The van der Waals surface area contributed by atoms with Crippen molar-refractivity contribution in [3.63, 3.8) is 0 Å². The molecule has 1 N–H and O–H groups in total. The number of hydrogen-bond donors (Lipinski definition) is 1. The number of aliphatic hydroxyl groups excluding tert-OH is 1. The van der Waals surface area contributed by atoms with Gasteiger partial charge in [0.2, 0.25) is 0 Å². The maximum Gasteiger partial charge on any atom is 0.0661 e. The Bertz CT molecular complexity index is 421. The third kappa shape index (κ3) is 2.03. The fourth-order valence-corrected chi connectivity index (χ4v) is 5.37. The topological polar surface area (TPSA) is 44.0 Å². The van der Waals surface area contributed by atoms with Crippen molar-refractivity contribution in [3.8, 4) is 6.07 Å². The molecule has 104 valence electrons. The molecule has 3 aliphatic carbocycles. The van der Waals surface area contributed by atoms with Crippen LogP contribution in [0.1, 0.15) is 51.9 Å². The summed E-state index contributed by atoms with van der Waals surface area (Å²) in [6, 6.07) is 2.58. The number of hydrogen-bond acceptors (Lipinski definition) is 2. The van der Waals surface area contributed by atoms with E-state index in [1.54, 1.807) is 0 Å². The van der Waals surface area contributed by atoms with Gasteiger partial charge in [-0.25, -0.2) is 0 Å². The molecular formula is C17H25NO. The van der Waals surface area contributed by atoms with Crippen molar-refractivity contribution in [1.82, 2.24) is 0 Å². The molecule has 0 heterocycles. The highest BCUT2D eigenvalue weighted by molar-refractivity contribution is 5.14. The summed E-state index contributed by atoms with van der Waals surface area (Å²) < 4.78 is 0. The second-order valence-electron chi connectivity index (χ2n) is 7.12. The molecular weight excluding hydrogens is 234 g/mol. The molecule has 0 bridgehead atoms. The van der Waals surface area contributed by atoms with E-state index in [1.165, 1.54) is 44.1 Å². The summed E-state index contributed by atoms with van der Waals surface area (Å²) in [5, 5.41) is 18.5. The van der Waals surface area contributed by atoms with E-state index in [0.717, 1.165) is 24.2 Å². The van der Waals surface area contributed by atoms with Gasteiger partial charge < -0.3 is 5.11 Å². The summed E-state index contributed by atoms with van der Waals surface area (Å²) in [6.07, 6.45) is 10.6. The first-order valence-electron chi connectivity index (χ1n) is 7.87. The monoisotopic (exact) mass is 259 g/mol. The summed E-state index contributed by atoms with van der Waals surface area (Å²) in [7, 11) is 0. The Morgan fingerprint density at radius 1 is 1.37 bits per heavy atom. The normalized spacial score (nSPS) is 47.5. The molecule has 3 saturated carbocycles. The highest BCUT2D eigenvalue weighted by atomic mass is 16.2. The van der Waals surface area contributed by atoms with Crippen molar-refractivity contribution in [1.29, 1.82) is 5.26 Å². The van der Waals surface area contributed by atoms with E-state index in [2.05, 4.69) is 13.0 Å². The van der Waals surface area contributed by atoms with Crippen LogP contribution in [0, 0.1) is 40.4 Å². The van der Waals surface area contributed by atoms with Crippen LogP contribution < -0.4 is 0 Å². The van der Waals surface area contributed by atoms with Gasteiger partial charge in [0.15, 0.2) is 0 Å². The molecule has 0 aromatic carbocycles. The average Bonchev–Trinajstić information content (AvgIpc) is 2.76. The summed E-state index contributed by atoms with van der Waals surface area (Å²) in [5.41, 5.74) is 1.77. The number of fused-ring (bicyclic) bond motifs is 3. The van der Waals surface area contributed by atoms with Crippen molar-refractivity contribution in [3.05, 3.63) is 11.6 Å². The Labute approximate surface area is 116 Å². The predicted molar refractivity (Wildman–Crippen MR) is 75.2 cm³/mol. The number of rotatable bonds is 1. The van der Waals surface area contributed by atoms with E-state index in [-0.39, 0.29) is 6.61 Å². The maximum atomic E-state index is 9.39. The average molecular weight is 259 g/mol. The van der Waals surface area contributed by atoms with Crippen molar-refractivity contribution in [2.75, 3.05) is 6.61 Å². The van der Waals surface area contributed by atoms with Gasteiger partial charge in [0.05, 0.1) is 18.6 Å². The minimum absolute atomic E-state index is 0.199. The van der Waals surface area contributed by atoms with Gasteiger partial charge in [-0.1, -0.05) is 18.6 Å². The molecule has 0 spiro atoms. The zero-order valence-corrected chi connectivity index (χ0v) is 11.9. The van der Waals surface area contributed by atoms with Gasteiger partial charge in [-0.3, -0.25) is 0 Å². The minimum atomic E-state index is 0.199. The molecule has 0 saturated heterocycles. The van der Waals surface area contributed by atoms with Crippen LogP contribution >= 0.6 is 0 Å². The van der Waals surface area contributed by atoms with Crippen LogP contribution in [-0.4, -0.2) is 11.7 Å². The van der Waals surface area contributed by atoms with Crippen molar-refractivity contribution < 1.29 is 5.11 Å². The molecule has 2 heteroatoms. The first-order chi connectivity index (χ1) is 9.19. The van der Waals surface area contributed by atoms with Crippen LogP contribution in [0.15, 0.2) is 11.6 Å². The molecule has 0 unspecified atom stereocenters. The van der Waals surface area contributed by atoms with E-state index in [4.69, 9.17) is 5.11 Å². The number of nitrogens with zero attached hydrogens (tertiary/aromatic N) is 1. The lowest BCUT2D eigenvalue weighted by Crippen LogP contribution is -2.42. The fraction of sp³-hybridized carbons (Fsp3) is 0.824. The highest BCUT2D eigenvalue weighted by Crippen LogP contribution is 2.61. The van der Waals surface area contributed by atoms with E-state index < -0.39 is 0 Å². The Balaban J connectivity index is 1.78. The quantitative estimate of drug-likeness (QED) is 0.730. The van der Waals surface area contributed by atoms with E-state index in [1.807, 2.05) is 6.08 Å². The standard InChI is InChI=1S/C17H25NO/c1-17-8-6-13-10-12(7-9-19)2-4-15(13)16(17)5-3-14(17)11-18/h7,13-16,19H,2-6,8-10H2,1H3/t13-,14+,15-,16+,17-/m1/s1. The number of nitriles is 1. The van der Waals surface area contributed by atoms with Crippen molar-refractivity contribution in [2.45, 2.75) is 51.9 Å². The smallest absolute Gasteiger partial charge is 0.0661 e. The van der Waals surface area contributed by atoms with Crippen LogP contribution in [0.25, 0.3) is 0 Å². The lowest BCUT2D eigenvalue weighted by molar-refractivity contribution is 0.0119. The van der Waals surface area contributed by atoms with Crippen LogP contribution in [-0.2, 0) is 0 Å². The summed E-state index contributed by atoms with van der Waals surface area (Å²) >= 11 is 0. The van der Waals surface area contributed by atoms with Gasteiger partial charge in [0.25, 0.3) is 0 Å². The first kappa shape index (κ1) is 13.2. The number of aliphatic hydroxyl groups is 1. The predicted octanol–water partition coefficient (Wildman–Crippen LogP) is 3.67. The first-order valence-corrected chi connectivity index (χ1v) is 7.87. The third-order valence-corrected chi connectivity index (χ3v) is 6.44. The molecule has 0 radical (unpaired) electrons. The molecule has 0 amide bonds. The van der Waals surface area contributed by atoms with E-state index in [0.29, 0.717) is 11.3 Å². The Hall–Kier alpha value is -0.810. The SMILES string of the molecule is C[C@]12CC[C@@H]3CC(=CCO)CC[C@H]3[C@@H]1CC[C@H]2C#N. The van der Waals surface area contributed by atoms with Crippen molar-refractivity contribution >= 4 is 0 Å². The maximum absolute atomic E-state index is 9.39. The van der Waals surface area contributed by atoms with Crippen molar-refractivity contribution in [2.24, 2.45) is 29.1 Å². The van der Waals surface area contributed by atoms with Crippen LogP contribution in [0.3, 0.4) is 0 Å². The Kier molecular flexibility index (Phi) is 3.43. The zero-order chi connectivity index (χ0) is 13.5. The molecule has 0 aromatic rings. The largest absolute Gasteiger partial charge is 0.392 e. The molecule has 0 aliphatic heterocycles. The molecule has 0 aromatic heterocycles. The molecule has 19 heavy (non-hydrogen) atoms. The molecule has 3 aliphatic rings. The second kappa shape index (κ2) is 4.94. The van der Waals surface area contributed by atoms with Gasteiger partial charge in [0.1, 0.15) is 0 Å². The van der Waals surface area contributed by atoms with Crippen LogP contribution in [0.4, 0.5) is 0 Å². The zero-order valence-electron chi connectivity index (χ0n) is 11.9. The van der Waals surface area contributed by atoms with E-state index >= 15 is 0 Å². The summed E-state index contributed by atoms with van der Waals surface area (Å²) in [6.45, 7) is 2.58. The van der Waals surface area contributed by atoms with E-state index in [9.17, 15) is 5.26 Å². The van der Waals surface area contributed by atoms with Gasteiger partial charge in [-0.05, 0) is 68.1 Å². The van der Waals surface area contributed by atoms with Gasteiger partial charge in [-0.15, -0.1) is 0 Å². The Morgan fingerprint density at radius 2 is 2.21 bits per heavy atom. The third-order valence-electron chi connectivity index (χ3n) is 6.44. The summed E-state index contributed by atoms with van der Waals surface area (Å²) in [4.78, 5) is 0. The Morgan fingerprint density at radius 3 is 2.95 bits per heavy atom.